The van der Waals surface area contributed by atoms with Crippen molar-refractivity contribution in [1.29, 1.82) is 5.26 Å². The predicted molar refractivity (Wildman–Crippen MR) is 116 cm³/mol. The third-order valence-corrected chi connectivity index (χ3v) is 5.67. The molecule has 2 heterocycles. The van der Waals surface area contributed by atoms with Crippen LogP contribution in [-0.4, -0.2) is 39.5 Å². The van der Waals surface area contributed by atoms with Crippen molar-refractivity contribution in [1.82, 2.24) is 10.2 Å². The minimum atomic E-state index is -0.597. The lowest BCUT2D eigenvalue weighted by Crippen LogP contribution is -2.44. The van der Waals surface area contributed by atoms with E-state index in [0.29, 0.717) is 24.0 Å². The van der Waals surface area contributed by atoms with Gasteiger partial charge in [0.1, 0.15) is 11.9 Å². The zero-order valence-corrected chi connectivity index (χ0v) is 16.9. The summed E-state index contributed by atoms with van der Waals surface area (Å²) in [4.78, 5) is 35.7. The van der Waals surface area contributed by atoms with Gasteiger partial charge in [-0.3, -0.25) is 14.5 Å². The van der Waals surface area contributed by atoms with Crippen molar-refractivity contribution in [3.63, 3.8) is 0 Å². The zero-order chi connectivity index (χ0) is 20.9. The Kier molecular flexibility index (Phi) is 5.91. The second kappa shape index (κ2) is 8.93. The van der Waals surface area contributed by atoms with E-state index in [1.165, 1.54) is 11.8 Å². The average Bonchev–Trinajstić information content (AvgIpc) is 3.11. The van der Waals surface area contributed by atoms with Crippen molar-refractivity contribution in [3.8, 4) is 6.07 Å². The summed E-state index contributed by atoms with van der Waals surface area (Å²) in [7, 11) is 0. The van der Waals surface area contributed by atoms with Crippen molar-refractivity contribution >= 4 is 40.3 Å². The minimum absolute atomic E-state index is 0.124. The average molecular weight is 417 g/mol. The van der Waals surface area contributed by atoms with Crippen LogP contribution < -0.4 is 5.32 Å². The molecule has 4 rings (SSSR count). The molecule has 0 bridgehead atoms. The van der Waals surface area contributed by atoms with Crippen molar-refractivity contribution < 1.29 is 9.59 Å². The topological polar surface area (TPSA) is 97.9 Å². The van der Waals surface area contributed by atoms with Gasteiger partial charge in [0, 0.05) is 18.5 Å². The molecule has 0 fully saturated rings. The van der Waals surface area contributed by atoms with Gasteiger partial charge in [-0.05, 0) is 24.1 Å². The largest absolute Gasteiger partial charge is 0.352 e. The number of hydrogen-bond acceptors (Lipinski definition) is 6. The van der Waals surface area contributed by atoms with Gasteiger partial charge in [-0.1, -0.05) is 54.2 Å². The number of amides is 2. The van der Waals surface area contributed by atoms with E-state index in [1.807, 2.05) is 54.6 Å². The van der Waals surface area contributed by atoms with Gasteiger partial charge in [-0.15, -0.1) is 0 Å². The fourth-order valence-corrected chi connectivity index (χ4v) is 4.14. The van der Waals surface area contributed by atoms with E-state index in [0.717, 1.165) is 16.8 Å². The van der Waals surface area contributed by atoms with Crippen LogP contribution in [0.2, 0.25) is 0 Å². The summed E-state index contributed by atoms with van der Waals surface area (Å²) in [6, 6.07) is 18.6. The molecule has 0 aliphatic carbocycles. The second-order valence-electron chi connectivity index (χ2n) is 6.82. The van der Waals surface area contributed by atoms with Gasteiger partial charge in [0.25, 0.3) is 5.91 Å². The molecular weight excluding hydrogens is 398 g/mol. The van der Waals surface area contributed by atoms with Crippen molar-refractivity contribution in [2.45, 2.75) is 25.4 Å². The molecule has 8 heteroatoms. The highest BCUT2D eigenvalue weighted by molar-refractivity contribution is 8.14. The molecule has 0 saturated heterocycles. The van der Waals surface area contributed by atoms with Crippen LogP contribution in [0.4, 0.5) is 5.69 Å². The summed E-state index contributed by atoms with van der Waals surface area (Å²) in [5, 5.41) is 12.4. The van der Waals surface area contributed by atoms with Crippen LogP contribution in [0.5, 0.6) is 0 Å². The zero-order valence-electron chi connectivity index (χ0n) is 16.1. The van der Waals surface area contributed by atoms with E-state index in [2.05, 4.69) is 21.4 Å². The highest BCUT2D eigenvalue weighted by Crippen LogP contribution is 2.35. The number of fused-ring (bicyclic) bond motifs is 3. The van der Waals surface area contributed by atoms with Crippen molar-refractivity contribution in [2.75, 3.05) is 5.75 Å². The van der Waals surface area contributed by atoms with E-state index < -0.39 is 6.04 Å². The lowest BCUT2D eigenvalue weighted by molar-refractivity contribution is -0.122. The number of aliphatic imine (C=N–C) groups is 2. The molecule has 2 aliphatic rings. The number of carbonyl (C=O) groups is 2. The quantitative estimate of drug-likeness (QED) is 0.779. The second-order valence-corrected chi connectivity index (χ2v) is 7.76. The first kappa shape index (κ1) is 19.9. The van der Waals surface area contributed by atoms with E-state index in [1.54, 1.807) is 4.90 Å². The summed E-state index contributed by atoms with van der Waals surface area (Å²) < 4.78 is 0. The van der Waals surface area contributed by atoms with Crippen molar-refractivity contribution in [3.05, 3.63) is 65.7 Å². The predicted octanol–water partition coefficient (Wildman–Crippen LogP) is 3.00. The normalized spacial score (nSPS) is 16.8. The smallest absolute Gasteiger partial charge is 0.270 e. The van der Waals surface area contributed by atoms with Gasteiger partial charge in [0.2, 0.25) is 5.91 Å². The van der Waals surface area contributed by atoms with Crippen LogP contribution in [-0.2, 0) is 16.1 Å². The number of benzene rings is 2. The summed E-state index contributed by atoms with van der Waals surface area (Å²) in [5.41, 5.74) is 2.52. The molecule has 1 atom stereocenters. The molecule has 150 valence electrons. The molecule has 2 aliphatic heterocycles. The summed E-state index contributed by atoms with van der Waals surface area (Å²) >= 11 is 1.27. The van der Waals surface area contributed by atoms with Gasteiger partial charge in [-0.25, -0.2) is 4.99 Å². The Morgan fingerprint density at radius 1 is 1.13 bits per heavy atom. The Bertz CT molecular complexity index is 1070. The number of nitrogens with zero attached hydrogens (tertiary/aromatic N) is 4. The third-order valence-electron chi connectivity index (χ3n) is 4.85. The monoisotopic (exact) mass is 417 g/mol. The third kappa shape index (κ3) is 4.11. The van der Waals surface area contributed by atoms with Gasteiger partial charge in [0.05, 0.1) is 17.5 Å². The Morgan fingerprint density at radius 2 is 1.90 bits per heavy atom. The van der Waals surface area contributed by atoms with Crippen molar-refractivity contribution in [2.24, 2.45) is 9.98 Å². The minimum Gasteiger partial charge on any atom is -0.352 e. The number of nitrogens with one attached hydrogen (secondary N) is 1. The van der Waals surface area contributed by atoms with Crippen LogP contribution in [0.1, 0.15) is 24.0 Å². The number of hydrogen-bond donors (Lipinski definition) is 1. The Balaban J connectivity index is 1.46. The van der Waals surface area contributed by atoms with E-state index in [9.17, 15) is 9.59 Å². The van der Waals surface area contributed by atoms with Crippen LogP contribution in [0, 0.1) is 11.3 Å². The molecule has 1 N–H and O–H groups in total. The van der Waals surface area contributed by atoms with E-state index >= 15 is 0 Å². The van der Waals surface area contributed by atoms with Crippen LogP contribution in [0.3, 0.4) is 0 Å². The van der Waals surface area contributed by atoms with E-state index in [4.69, 9.17) is 5.26 Å². The molecule has 30 heavy (non-hydrogen) atoms. The van der Waals surface area contributed by atoms with Gasteiger partial charge in [-0.2, -0.15) is 10.3 Å². The SMILES string of the molecule is N#CCSC1=Nc2ccccc2C2=NC(=O)C(CCC(=O)NCc3ccccc3)N12. The molecule has 2 aromatic rings. The number of para-hydroxylation sites is 1. The lowest BCUT2D eigenvalue weighted by Gasteiger charge is -2.30. The maximum Gasteiger partial charge on any atom is 0.270 e. The highest BCUT2D eigenvalue weighted by atomic mass is 32.2. The van der Waals surface area contributed by atoms with Gasteiger partial charge >= 0.3 is 0 Å². The molecule has 2 aromatic carbocycles. The number of thioether (sulfide) groups is 1. The maximum atomic E-state index is 12.7. The fourth-order valence-electron chi connectivity index (χ4n) is 3.43. The Morgan fingerprint density at radius 3 is 2.70 bits per heavy atom. The Labute approximate surface area is 178 Å². The number of rotatable bonds is 6. The fraction of sp³-hybridized carbons (Fsp3) is 0.227. The number of carbonyl (C=O) groups excluding carboxylic acids is 2. The molecule has 1 unspecified atom stereocenters. The molecule has 0 saturated carbocycles. The molecular formula is C22H19N5O2S. The number of amidine groups is 2. The number of nitriles is 1. The molecule has 2 amide bonds. The highest BCUT2D eigenvalue weighted by Gasteiger charge is 2.41. The van der Waals surface area contributed by atoms with Gasteiger partial charge in [0.15, 0.2) is 5.17 Å². The molecule has 0 spiro atoms. The Hall–Kier alpha value is -3.44. The standard InChI is InChI=1S/C22H19N5O2S/c23-12-13-30-22-25-17-9-5-4-8-16(17)20-26-21(29)18(27(20)22)10-11-19(28)24-14-15-6-2-1-3-7-15/h1-9,18H,10-11,13-14H2,(H,24,28). The summed E-state index contributed by atoms with van der Waals surface area (Å²) in [5.74, 6) is 0.340. The molecule has 0 radical (unpaired) electrons. The summed E-state index contributed by atoms with van der Waals surface area (Å²) in [6.45, 7) is 0.446. The first-order chi connectivity index (χ1) is 14.7. The maximum absolute atomic E-state index is 12.7. The summed E-state index contributed by atoms with van der Waals surface area (Å²) in [6.07, 6.45) is 0.515. The van der Waals surface area contributed by atoms with Crippen LogP contribution >= 0.6 is 11.8 Å². The molecule has 7 nitrogen and oxygen atoms in total. The van der Waals surface area contributed by atoms with Crippen LogP contribution in [0.15, 0.2) is 64.6 Å². The van der Waals surface area contributed by atoms with Crippen LogP contribution in [0.25, 0.3) is 0 Å². The van der Waals surface area contributed by atoms with Gasteiger partial charge < -0.3 is 5.32 Å². The first-order valence-corrected chi connectivity index (χ1v) is 10.6. The lowest BCUT2D eigenvalue weighted by atomic mass is 10.1. The molecule has 0 aromatic heterocycles. The van der Waals surface area contributed by atoms with E-state index in [-0.39, 0.29) is 24.0 Å². The first-order valence-electron chi connectivity index (χ1n) is 9.57.